The molecule has 0 atom stereocenters. The van der Waals surface area contributed by atoms with Crippen molar-refractivity contribution in [2.24, 2.45) is 51.1 Å². The van der Waals surface area contributed by atoms with Crippen LogP contribution in [0.3, 0.4) is 0 Å². The Bertz CT molecular complexity index is 8420. The number of aromatic hydroxyl groups is 1. The maximum absolute atomic E-state index is 13.1. The molecule has 45 heteroatoms. The second-order valence-corrected chi connectivity index (χ2v) is 39.3. The summed E-state index contributed by atoms with van der Waals surface area (Å²) >= 11 is 12.1. The predicted octanol–water partition coefficient (Wildman–Crippen LogP) is 22.2. The summed E-state index contributed by atoms with van der Waals surface area (Å²) in [6.07, 6.45) is 0.629. The largest absolute Gasteiger partial charge is 0.494 e. The van der Waals surface area contributed by atoms with Gasteiger partial charge in [-0.05, 0) is 282 Å². The Morgan fingerprint density at radius 1 is 0.340 bits per heavy atom. The van der Waals surface area contributed by atoms with E-state index in [1.165, 1.54) is 50.3 Å². The molecular weight excluding hydrogens is 1940 g/mol. The van der Waals surface area contributed by atoms with Crippen LogP contribution in [0, 0.1) is 111 Å². The second-order valence-electron chi connectivity index (χ2n) is 32.8. The average Bonchev–Trinajstić information content (AvgIpc) is 1.71. The SMILES string of the molecule is CCc1c(C)c(N=Nc2cc(C)ccc2C)c(=O)n(CC)c1O.Cc1ccc(C)c(N=Nc2c(C)[nH]n(-c3cc(Cl)c(S(=O)(=O)O)cc3Cl)c2=O)c1.Cc1ccc(C)c(N=Nc2c(COO)[nH]n(-c3ccc(S(=O)(=O)O)cc3)c2=O)c1.Cc1ccc(N=Nc2c(C)[nH]n(-c3cc(S(=O)(=O)O)c4cccc(C)c4c3)c2=O)c(C)c1.Cc1ccc(N=Nc2c(C)[nH]n(-c3cc(S(=O)(=O)O)ccc3C)c2=O)c(C)c1. The lowest BCUT2D eigenvalue weighted by Crippen LogP contribution is -2.21. The minimum atomic E-state index is -4.56. The van der Waals surface area contributed by atoms with Gasteiger partial charge in [-0.1, -0.05) is 126 Å². The van der Waals surface area contributed by atoms with Crippen LogP contribution in [0.4, 0.5) is 56.9 Å². The number of H-pyrrole nitrogens is 4. The molecule has 0 saturated carbocycles. The number of pyridine rings is 1. The summed E-state index contributed by atoms with van der Waals surface area (Å²) in [5.74, 6) is 0.0307. The Labute approximate surface area is 818 Å². The van der Waals surface area contributed by atoms with Gasteiger partial charge in [0.15, 0.2) is 34.3 Å². The van der Waals surface area contributed by atoms with Crippen LogP contribution >= 0.6 is 23.2 Å². The lowest BCUT2D eigenvalue weighted by atomic mass is 10.0. The number of hydrogen-bond acceptors (Lipinski definition) is 26. The van der Waals surface area contributed by atoms with Crippen LogP contribution in [0.2, 0.25) is 10.0 Å². The number of rotatable bonds is 22. The molecule has 0 unspecified atom stereocenters. The first kappa shape index (κ1) is 107. The van der Waals surface area contributed by atoms with Gasteiger partial charge in [-0.3, -0.25) is 72.4 Å². The van der Waals surface area contributed by atoms with E-state index in [1.807, 2.05) is 187 Å². The van der Waals surface area contributed by atoms with Crippen molar-refractivity contribution in [3.8, 4) is 28.6 Å². The summed E-state index contributed by atoms with van der Waals surface area (Å²) in [6, 6.07) is 47.9. The topological polar surface area (TPSA) is 564 Å². The highest BCUT2D eigenvalue weighted by Crippen LogP contribution is 2.37. The van der Waals surface area contributed by atoms with E-state index in [1.54, 1.807) is 52.8 Å². The number of nitrogens with zero attached hydrogens (tertiary/aromatic N) is 15. The van der Waals surface area contributed by atoms with Gasteiger partial charge in [0.1, 0.15) is 16.4 Å². The molecule has 736 valence electrons. The maximum Gasteiger partial charge on any atom is 0.299 e. The number of aromatic amines is 4. The summed E-state index contributed by atoms with van der Waals surface area (Å²) < 4.78 is 135. The van der Waals surface area contributed by atoms with E-state index in [-0.39, 0.29) is 88.3 Å². The first-order valence-corrected chi connectivity index (χ1v) is 49.3. The molecule has 0 aliphatic heterocycles. The third kappa shape index (κ3) is 25.2. The molecule has 10 N–H and O–H groups in total. The van der Waals surface area contributed by atoms with Gasteiger partial charge >= 0.3 is 0 Å². The van der Waals surface area contributed by atoms with Gasteiger partial charge in [-0.15, -0.1) is 25.6 Å². The van der Waals surface area contributed by atoms with Crippen LogP contribution in [0.15, 0.2) is 271 Å². The standard InChI is InChI=1S/C23H22N4O4S.C19H20N4O4S.C18H16Cl2N4O4S.C18H18N4O6S.C18H23N3O2/c1-13-8-9-20(15(3)10-13)24-25-22-16(4)26-27(23(22)28)17-11-19-14(2)6-5-7-18(19)21(12-17)32(29,30)31;1-11-5-8-16(13(3)9-11)20-21-18-14(4)22-23(19(18)24)17-10-15(28(25,26)27)7-6-12(17)2;1-9-4-5-10(2)14(6-9)21-22-17-11(3)23-24(18(17)25)15-7-13(20)16(8-12(15)19)29(26,27)28;1-11-3-4-12(2)15(9-11)19-20-17-16(10-28-24)21-22(18(17)23)13-5-7-14(8-6-13)29(25,26)27;1-6-14-13(5)16(18(23)21(7-2)17(14)22)20-19-15-10-11(3)8-9-12(15)4/h5-12,26H,1-4H3,(H,29,30,31);5-10,22H,1-4H3,(H,25,26,27);4-8,23H,1-3H3,(H,26,27,28);3-9,21,24H,10H2,1-2H3,(H,25,26,27);8-10,22H,6-7H2,1-5H3. The van der Waals surface area contributed by atoms with Crippen molar-refractivity contribution in [2.75, 3.05) is 0 Å². The number of hydrogen-bond donors (Lipinski definition) is 10. The smallest absolute Gasteiger partial charge is 0.299 e. The first-order valence-electron chi connectivity index (χ1n) is 42.8. The number of aromatic nitrogens is 9. The lowest BCUT2D eigenvalue weighted by Gasteiger charge is -2.14. The fraction of sp³-hybridized carbons (Fsp3) is 0.219. The van der Waals surface area contributed by atoms with Crippen LogP contribution in [0.5, 0.6) is 5.88 Å². The Morgan fingerprint density at radius 2 is 0.745 bits per heavy atom. The number of fused-ring (bicyclic) bond motifs is 1. The summed E-state index contributed by atoms with van der Waals surface area (Å²) in [5, 5.41) is 72.6. The fourth-order valence-corrected chi connectivity index (χ4v) is 17.5. The highest BCUT2D eigenvalue weighted by Gasteiger charge is 2.27. The highest BCUT2D eigenvalue weighted by atomic mass is 35.5. The Kier molecular flexibility index (Phi) is 33.5. The molecule has 0 radical (unpaired) electrons. The molecule has 0 bridgehead atoms. The number of azo groups is 5. The minimum Gasteiger partial charge on any atom is -0.494 e. The van der Waals surface area contributed by atoms with Gasteiger partial charge in [0, 0.05) is 17.5 Å². The van der Waals surface area contributed by atoms with E-state index in [4.69, 9.17) is 33.0 Å². The quantitative estimate of drug-likeness (QED) is 0.0130. The van der Waals surface area contributed by atoms with Gasteiger partial charge in [0.25, 0.3) is 68.3 Å². The molecule has 0 aliphatic rings. The van der Waals surface area contributed by atoms with Gasteiger partial charge < -0.3 is 5.11 Å². The molecule has 15 rings (SSSR count). The molecule has 0 aliphatic carbocycles. The Balaban J connectivity index is 0.000000169. The summed E-state index contributed by atoms with van der Waals surface area (Å²) in [6.45, 7) is 33.5. The van der Waals surface area contributed by atoms with Gasteiger partial charge in [-0.25, -0.2) is 23.6 Å². The molecular formula is C96H99Cl2N19O20S4. The molecule has 0 saturated heterocycles. The van der Waals surface area contributed by atoms with Crippen molar-refractivity contribution in [3.05, 3.63) is 338 Å². The zero-order valence-corrected chi connectivity index (χ0v) is 84.1. The maximum atomic E-state index is 13.1. The molecule has 15 aromatic rings. The van der Waals surface area contributed by atoms with E-state index in [2.05, 4.69) is 76.4 Å². The molecule has 141 heavy (non-hydrogen) atoms. The van der Waals surface area contributed by atoms with E-state index >= 15 is 0 Å². The van der Waals surface area contributed by atoms with Gasteiger partial charge in [-0.2, -0.15) is 59.2 Å². The molecule has 5 heterocycles. The van der Waals surface area contributed by atoms with Crippen LogP contribution in [-0.2, 0) is 64.9 Å². The minimum absolute atomic E-state index is 0.0307. The number of aryl methyl sites for hydroxylation is 15. The zero-order valence-electron chi connectivity index (χ0n) is 79.4. The zero-order chi connectivity index (χ0) is 104. The summed E-state index contributed by atoms with van der Waals surface area (Å²) in [4.78, 5) is 66.8. The van der Waals surface area contributed by atoms with E-state index in [0.717, 1.165) is 106 Å². The predicted molar refractivity (Wildman–Crippen MR) is 536 cm³/mol. The van der Waals surface area contributed by atoms with E-state index in [9.17, 15) is 76.4 Å². The fourth-order valence-electron chi connectivity index (χ4n) is 14.4. The van der Waals surface area contributed by atoms with Crippen LogP contribution < -0.4 is 27.8 Å². The number of nitrogens with one attached hydrogen (secondary N) is 4. The van der Waals surface area contributed by atoms with E-state index in [0.29, 0.717) is 86.1 Å². The molecule has 0 amide bonds. The molecule has 0 fully saturated rings. The lowest BCUT2D eigenvalue weighted by molar-refractivity contribution is -0.253. The molecule has 39 nitrogen and oxygen atoms in total. The van der Waals surface area contributed by atoms with Crippen molar-refractivity contribution in [1.29, 1.82) is 0 Å². The second kappa shape index (κ2) is 44.3. The van der Waals surface area contributed by atoms with Gasteiger partial charge in [0.2, 0.25) is 0 Å². The van der Waals surface area contributed by atoms with Crippen LogP contribution in [-0.4, -0.2) is 106 Å². The van der Waals surface area contributed by atoms with Crippen LogP contribution in [0.1, 0.15) is 115 Å². The van der Waals surface area contributed by atoms with Crippen molar-refractivity contribution in [2.45, 2.75) is 164 Å². The highest BCUT2D eigenvalue weighted by molar-refractivity contribution is 7.86. The number of halogens is 2. The third-order valence-corrected chi connectivity index (χ3v) is 26.4. The summed E-state index contributed by atoms with van der Waals surface area (Å²) in [5.41, 5.74) is 16.7. The molecule has 0 spiro atoms. The Hall–Kier alpha value is -14.6. The molecule has 5 aromatic heterocycles. The average molecular weight is 2040 g/mol. The monoisotopic (exact) mass is 2040 g/mol. The molecule has 10 aromatic carbocycles. The van der Waals surface area contributed by atoms with Crippen LogP contribution in [0.25, 0.3) is 33.5 Å². The van der Waals surface area contributed by atoms with Crippen molar-refractivity contribution in [3.63, 3.8) is 0 Å². The van der Waals surface area contributed by atoms with Gasteiger partial charge in [0.05, 0.1) is 93.8 Å². The number of benzene rings is 10. The van der Waals surface area contributed by atoms with Crippen molar-refractivity contribution >= 4 is 131 Å². The van der Waals surface area contributed by atoms with Crippen molar-refractivity contribution < 1.29 is 67.1 Å². The van der Waals surface area contributed by atoms with Crippen molar-refractivity contribution in [1.82, 2.24) is 43.7 Å². The summed E-state index contributed by atoms with van der Waals surface area (Å²) in [7, 11) is -17.8. The van der Waals surface area contributed by atoms with E-state index < -0.39 is 67.6 Å². The Morgan fingerprint density at radius 3 is 1.19 bits per heavy atom. The third-order valence-electron chi connectivity index (χ3n) is 22.1. The first-order chi connectivity index (χ1) is 66.2. The normalized spacial score (nSPS) is 12.0.